The van der Waals surface area contributed by atoms with Gasteiger partial charge in [0, 0.05) is 18.5 Å². The fraction of sp³-hybridized carbons (Fsp3) is 0.667. The highest BCUT2D eigenvalue weighted by Gasteiger charge is 2.16. The van der Waals surface area contributed by atoms with Crippen LogP contribution in [0.15, 0.2) is 12.2 Å². The molecule has 0 aromatic rings. The van der Waals surface area contributed by atoms with E-state index in [1.165, 1.54) is 0 Å². The fourth-order valence-corrected chi connectivity index (χ4v) is 1.19. The third-order valence-electron chi connectivity index (χ3n) is 2.16. The van der Waals surface area contributed by atoms with Crippen molar-refractivity contribution in [3.63, 3.8) is 0 Å². The lowest BCUT2D eigenvalue weighted by atomic mass is 10.1. The lowest BCUT2D eigenvalue weighted by molar-refractivity contribution is -0.124. The van der Waals surface area contributed by atoms with Crippen LogP contribution >= 0.6 is 0 Å². The van der Waals surface area contributed by atoms with E-state index in [0.29, 0.717) is 12.6 Å². The Hall–Kier alpha value is -0.830. The summed E-state index contributed by atoms with van der Waals surface area (Å²) in [4.78, 5) is 11.3. The zero-order valence-corrected chi connectivity index (χ0v) is 7.42. The van der Waals surface area contributed by atoms with Gasteiger partial charge in [0.1, 0.15) is 0 Å². The Balaban J connectivity index is 2.26. The molecule has 0 bridgehead atoms. The van der Waals surface area contributed by atoms with Crippen molar-refractivity contribution in [1.29, 1.82) is 0 Å². The molecule has 1 rings (SSSR count). The molecule has 0 saturated carbocycles. The highest BCUT2D eigenvalue weighted by Crippen LogP contribution is 2.09. The molecule has 0 aromatic heterocycles. The van der Waals surface area contributed by atoms with Gasteiger partial charge >= 0.3 is 0 Å². The van der Waals surface area contributed by atoms with Crippen molar-refractivity contribution in [2.75, 3.05) is 6.54 Å². The molecule has 3 N–H and O–H groups in total. The molecule has 0 aromatic carbocycles. The number of rotatable bonds is 3. The summed E-state index contributed by atoms with van der Waals surface area (Å²) in [5.74, 6) is 0.0109. The second-order valence-corrected chi connectivity index (χ2v) is 3.29. The average Bonchev–Trinajstić information content (AvgIpc) is 2.55. The number of hydrogen-bond donors (Lipinski definition) is 2. The molecule has 1 unspecified atom stereocenters. The molecular formula is C9H16N2O. The average molecular weight is 168 g/mol. The van der Waals surface area contributed by atoms with E-state index in [4.69, 9.17) is 5.73 Å². The molecule has 0 fully saturated rings. The van der Waals surface area contributed by atoms with E-state index in [1.807, 2.05) is 6.92 Å². The monoisotopic (exact) mass is 168 g/mol. The van der Waals surface area contributed by atoms with Crippen LogP contribution in [-0.2, 0) is 4.79 Å². The second kappa shape index (κ2) is 4.26. The largest absolute Gasteiger partial charge is 0.352 e. The van der Waals surface area contributed by atoms with Crippen LogP contribution in [-0.4, -0.2) is 18.5 Å². The Morgan fingerprint density at radius 2 is 2.25 bits per heavy atom. The van der Waals surface area contributed by atoms with E-state index >= 15 is 0 Å². The van der Waals surface area contributed by atoms with Crippen LogP contribution in [0.5, 0.6) is 0 Å². The summed E-state index contributed by atoms with van der Waals surface area (Å²) < 4.78 is 0. The first kappa shape index (κ1) is 9.26. The molecule has 12 heavy (non-hydrogen) atoms. The molecule has 0 saturated heterocycles. The predicted octanol–water partition coefficient (Wildman–Crippen LogP) is 0.416. The quantitative estimate of drug-likeness (QED) is 0.600. The predicted molar refractivity (Wildman–Crippen MR) is 48.5 cm³/mol. The SMILES string of the molecule is CC(CN)C(=O)NC1CC=CC1. The molecule has 0 aliphatic heterocycles. The molecular weight excluding hydrogens is 152 g/mol. The number of hydrogen-bond acceptors (Lipinski definition) is 2. The third-order valence-corrected chi connectivity index (χ3v) is 2.16. The van der Waals surface area contributed by atoms with Crippen LogP contribution in [0.2, 0.25) is 0 Å². The molecule has 1 atom stereocenters. The molecule has 1 amide bonds. The number of amides is 1. The maximum absolute atomic E-state index is 11.3. The lowest BCUT2D eigenvalue weighted by Crippen LogP contribution is -2.39. The molecule has 3 heteroatoms. The molecule has 0 spiro atoms. The molecule has 0 heterocycles. The van der Waals surface area contributed by atoms with Gasteiger partial charge in [0.25, 0.3) is 0 Å². The molecule has 0 radical (unpaired) electrons. The summed E-state index contributed by atoms with van der Waals surface area (Å²) in [6.07, 6.45) is 6.11. The standard InChI is InChI=1S/C9H16N2O/c1-7(6-10)9(12)11-8-4-2-3-5-8/h2-3,7-8H,4-6,10H2,1H3,(H,11,12). The first-order valence-corrected chi connectivity index (χ1v) is 4.39. The number of nitrogens with one attached hydrogen (secondary N) is 1. The maximum Gasteiger partial charge on any atom is 0.224 e. The molecule has 1 aliphatic rings. The Labute approximate surface area is 73.0 Å². The van der Waals surface area contributed by atoms with Crippen molar-refractivity contribution in [1.82, 2.24) is 5.32 Å². The van der Waals surface area contributed by atoms with Crippen LogP contribution in [0.4, 0.5) is 0 Å². The van der Waals surface area contributed by atoms with Gasteiger partial charge < -0.3 is 11.1 Å². The Kier molecular flexibility index (Phi) is 3.29. The lowest BCUT2D eigenvalue weighted by Gasteiger charge is -2.14. The summed E-state index contributed by atoms with van der Waals surface area (Å²) in [7, 11) is 0. The van der Waals surface area contributed by atoms with Gasteiger partial charge in [0.05, 0.1) is 0 Å². The van der Waals surface area contributed by atoms with Crippen LogP contribution in [0.1, 0.15) is 19.8 Å². The van der Waals surface area contributed by atoms with Crippen molar-refractivity contribution in [3.8, 4) is 0 Å². The number of carbonyl (C=O) groups is 1. The minimum atomic E-state index is -0.0643. The third kappa shape index (κ3) is 2.34. The van der Waals surface area contributed by atoms with E-state index in [2.05, 4.69) is 17.5 Å². The summed E-state index contributed by atoms with van der Waals surface area (Å²) in [6, 6.07) is 0.312. The van der Waals surface area contributed by atoms with E-state index < -0.39 is 0 Å². The first-order chi connectivity index (χ1) is 5.74. The van der Waals surface area contributed by atoms with Crippen molar-refractivity contribution in [2.24, 2.45) is 11.7 Å². The van der Waals surface area contributed by atoms with Gasteiger partial charge in [-0.2, -0.15) is 0 Å². The van der Waals surface area contributed by atoms with E-state index in [1.54, 1.807) is 0 Å². The van der Waals surface area contributed by atoms with Gasteiger partial charge in [-0.1, -0.05) is 19.1 Å². The van der Waals surface area contributed by atoms with E-state index in [-0.39, 0.29) is 11.8 Å². The maximum atomic E-state index is 11.3. The molecule has 68 valence electrons. The van der Waals surface area contributed by atoms with Gasteiger partial charge in [-0.15, -0.1) is 0 Å². The van der Waals surface area contributed by atoms with Crippen LogP contribution in [0.25, 0.3) is 0 Å². The van der Waals surface area contributed by atoms with Crippen LogP contribution < -0.4 is 11.1 Å². The highest BCUT2D eigenvalue weighted by molar-refractivity contribution is 5.78. The summed E-state index contributed by atoms with van der Waals surface area (Å²) in [5, 5.41) is 2.95. The van der Waals surface area contributed by atoms with E-state index in [9.17, 15) is 4.79 Å². The van der Waals surface area contributed by atoms with Crippen molar-refractivity contribution in [3.05, 3.63) is 12.2 Å². The summed E-state index contributed by atoms with van der Waals surface area (Å²) >= 11 is 0. The zero-order chi connectivity index (χ0) is 8.97. The molecule has 3 nitrogen and oxygen atoms in total. The Morgan fingerprint density at radius 3 is 2.75 bits per heavy atom. The summed E-state index contributed by atoms with van der Waals surface area (Å²) in [5.41, 5.74) is 5.37. The minimum Gasteiger partial charge on any atom is -0.352 e. The van der Waals surface area contributed by atoms with Gasteiger partial charge in [0.2, 0.25) is 5.91 Å². The van der Waals surface area contributed by atoms with Gasteiger partial charge in [-0.05, 0) is 12.8 Å². The molecule has 1 aliphatic carbocycles. The number of nitrogens with two attached hydrogens (primary N) is 1. The fourth-order valence-electron chi connectivity index (χ4n) is 1.19. The normalized spacial score (nSPS) is 19.5. The Morgan fingerprint density at radius 1 is 1.67 bits per heavy atom. The second-order valence-electron chi connectivity index (χ2n) is 3.29. The smallest absolute Gasteiger partial charge is 0.224 e. The Bertz CT molecular complexity index is 181. The van der Waals surface area contributed by atoms with E-state index in [0.717, 1.165) is 12.8 Å². The van der Waals surface area contributed by atoms with Crippen molar-refractivity contribution < 1.29 is 4.79 Å². The minimum absolute atomic E-state index is 0.0643. The number of carbonyl (C=O) groups excluding carboxylic acids is 1. The van der Waals surface area contributed by atoms with Crippen LogP contribution in [0.3, 0.4) is 0 Å². The van der Waals surface area contributed by atoms with Crippen molar-refractivity contribution >= 4 is 5.91 Å². The van der Waals surface area contributed by atoms with Gasteiger partial charge in [-0.25, -0.2) is 0 Å². The van der Waals surface area contributed by atoms with Gasteiger partial charge in [0.15, 0.2) is 0 Å². The first-order valence-electron chi connectivity index (χ1n) is 4.39. The van der Waals surface area contributed by atoms with Crippen LogP contribution in [0, 0.1) is 5.92 Å². The topological polar surface area (TPSA) is 55.1 Å². The van der Waals surface area contributed by atoms with Crippen molar-refractivity contribution in [2.45, 2.75) is 25.8 Å². The van der Waals surface area contributed by atoms with Gasteiger partial charge in [-0.3, -0.25) is 4.79 Å². The highest BCUT2D eigenvalue weighted by atomic mass is 16.1. The summed E-state index contributed by atoms with van der Waals surface area (Å²) in [6.45, 7) is 2.27. The zero-order valence-electron chi connectivity index (χ0n) is 7.42.